The van der Waals surface area contributed by atoms with Crippen LogP contribution in [0, 0.1) is 5.82 Å². The Morgan fingerprint density at radius 1 is 1.18 bits per heavy atom. The third-order valence-electron chi connectivity index (χ3n) is 5.27. The Labute approximate surface area is 164 Å². The standard InChI is InChI=1S/C22H25FN2O3/c1-24(20-8-4-3-7-19(20)22(27)28-2)21(26)15-25-13-5-6-18(25)14-16-9-11-17(23)12-10-16/h3-4,7-12,18H,5-6,13-15H2,1-2H3/t18-/m1/s1. The first-order valence-corrected chi connectivity index (χ1v) is 9.42. The summed E-state index contributed by atoms with van der Waals surface area (Å²) < 4.78 is 17.9. The summed E-state index contributed by atoms with van der Waals surface area (Å²) in [5.41, 5.74) is 1.97. The minimum absolute atomic E-state index is 0.0811. The number of para-hydroxylation sites is 1. The van der Waals surface area contributed by atoms with Crippen LogP contribution in [0.2, 0.25) is 0 Å². The number of nitrogens with zero attached hydrogens (tertiary/aromatic N) is 2. The second kappa shape index (κ2) is 8.97. The molecule has 1 fully saturated rings. The van der Waals surface area contributed by atoms with Crippen molar-refractivity contribution in [3.05, 3.63) is 65.5 Å². The molecule has 0 aliphatic carbocycles. The molecule has 1 heterocycles. The van der Waals surface area contributed by atoms with Gasteiger partial charge in [-0.2, -0.15) is 0 Å². The Bertz CT molecular complexity index is 838. The average Bonchev–Trinajstić information content (AvgIpc) is 3.15. The van der Waals surface area contributed by atoms with Crippen LogP contribution in [0.15, 0.2) is 48.5 Å². The van der Waals surface area contributed by atoms with E-state index in [1.165, 1.54) is 24.1 Å². The van der Waals surface area contributed by atoms with Gasteiger partial charge in [-0.25, -0.2) is 9.18 Å². The van der Waals surface area contributed by atoms with Crippen molar-refractivity contribution in [1.29, 1.82) is 0 Å². The number of carbonyl (C=O) groups excluding carboxylic acids is 2. The number of hydrogen-bond acceptors (Lipinski definition) is 4. The van der Waals surface area contributed by atoms with Gasteiger partial charge in [0.1, 0.15) is 5.82 Å². The molecule has 2 aromatic rings. The molecule has 0 N–H and O–H groups in total. The third kappa shape index (κ3) is 4.57. The van der Waals surface area contributed by atoms with Crippen molar-refractivity contribution in [3.8, 4) is 0 Å². The van der Waals surface area contributed by atoms with Crippen LogP contribution >= 0.6 is 0 Å². The van der Waals surface area contributed by atoms with E-state index in [9.17, 15) is 14.0 Å². The van der Waals surface area contributed by atoms with Crippen LogP contribution in [0.4, 0.5) is 10.1 Å². The number of carbonyl (C=O) groups is 2. The van der Waals surface area contributed by atoms with Crippen LogP contribution in [0.1, 0.15) is 28.8 Å². The highest BCUT2D eigenvalue weighted by atomic mass is 19.1. The smallest absolute Gasteiger partial charge is 0.339 e. The first-order chi connectivity index (χ1) is 13.5. The first kappa shape index (κ1) is 20.0. The van der Waals surface area contributed by atoms with E-state index in [2.05, 4.69) is 4.90 Å². The number of hydrogen-bond donors (Lipinski definition) is 0. The molecule has 1 aliphatic rings. The fourth-order valence-electron chi connectivity index (χ4n) is 3.69. The second-order valence-corrected chi connectivity index (χ2v) is 7.06. The summed E-state index contributed by atoms with van der Waals surface area (Å²) in [7, 11) is 3.00. The molecule has 0 aromatic heterocycles. The van der Waals surface area contributed by atoms with Gasteiger partial charge in [0, 0.05) is 13.1 Å². The maximum Gasteiger partial charge on any atom is 0.339 e. The molecule has 1 atom stereocenters. The predicted molar refractivity (Wildman–Crippen MR) is 106 cm³/mol. The van der Waals surface area contributed by atoms with Gasteiger partial charge in [0.25, 0.3) is 0 Å². The minimum atomic E-state index is -0.467. The zero-order valence-corrected chi connectivity index (χ0v) is 16.2. The fraction of sp³-hybridized carbons (Fsp3) is 0.364. The third-order valence-corrected chi connectivity index (χ3v) is 5.27. The molecule has 2 aromatic carbocycles. The summed E-state index contributed by atoms with van der Waals surface area (Å²) in [6, 6.07) is 13.7. The summed E-state index contributed by atoms with van der Waals surface area (Å²) in [6.45, 7) is 1.13. The van der Waals surface area contributed by atoms with Gasteiger partial charge in [0.2, 0.25) is 5.91 Å². The number of benzene rings is 2. The quantitative estimate of drug-likeness (QED) is 0.718. The van der Waals surface area contributed by atoms with Gasteiger partial charge in [-0.3, -0.25) is 9.69 Å². The molecule has 0 radical (unpaired) electrons. The van der Waals surface area contributed by atoms with Gasteiger partial charge < -0.3 is 9.64 Å². The van der Waals surface area contributed by atoms with Crippen LogP contribution < -0.4 is 4.90 Å². The fourth-order valence-corrected chi connectivity index (χ4v) is 3.69. The summed E-state index contributed by atoms with van der Waals surface area (Å²) in [4.78, 5) is 28.6. The lowest BCUT2D eigenvalue weighted by Gasteiger charge is -2.27. The Kier molecular flexibility index (Phi) is 6.41. The molecule has 0 unspecified atom stereocenters. The summed E-state index contributed by atoms with van der Waals surface area (Å²) in [5, 5.41) is 0. The maximum absolute atomic E-state index is 13.1. The van der Waals surface area contributed by atoms with E-state index in [-0.39, 0.29) is 24.3 Å². The lowest BCUT2D eigenvalue weighted by Crippen LogP contribution is -2.41. The molecule has 3 rings (SSSR count). The normalized spacial score (nSPS) is 16.8. The highest BCUT2D eigenvalue weighted by molar-refractivity contribution is 6.02. The van der Waals surface area contributed by atoms with Crippen molar-refractivity contribution in [2.75, 3.05) is 32.1 Å². The van der Waals surface area contributed by atoms with E-state index in [0.29, 0.717) is 11.3 Å². The summed E-state index contributed by atoms with van der Waals surface area (Å²) >= 11 is 0. The van der Waals surface area contributed by atoms with E-state index in [0.717, 1.165) is 31.4 Å². The van der Waals surface area contributed by atoms with Crippen molar-refractivity contribution >= 4 is 17.6 Å². The van der Waals surface area contributed by atoms with Crippen molar-refractivity contribution in [2.45, 2.75) is 25.3 Å². The molecule has 1 saturated heterocycles. The van der Waals surface area contributed by atoms with Crippen LogP contribution in [0.25, 0.3) is 0 Å². The molecule has 6 heteroatoms. The molecule has 0 spiro atoms. The van der Waals surface area contributed by atoms with E-state index >= 15 is 0 Å². The number of amides is 1. The number of rotatable bonds is 6. The maximum atomic E-state index is 13.1. The molecular weight excluding hydrogens is 359 g/mol. The Morgan fingerprint density at radius 2 is 1.89 bits per heavy atom. The van der Waals surface area contributed by atoms with Crippen LogP contribution in [-0.2, 0) is 16.0 Å². The molecule has 148 valence electrons. The van der Waals surface area contributed by atoms with Gasteiger partial charge in [0.05, 0.1) is 24.9 Å². The molecule has 1 aliphatic heterocycles. The van der Waals surface area contributed by atoms with Crippen molar-refractivity contribution in [3.63, 3.8) is 0 Å². The van der Waals surface area contributed by atoms with Crippen molar-refractivity contribution in [1.82, 2.24) is 4.90 Å². The van der Waals surface area contributed by atoms with Crippen LogP contribution in [-0.4, -0.2) is 50.1 Å². The number of likely N-dealkylation sites (tertiary alicyclic amines) is 1. The molecular formula is C22H25FN2O3. The number of likely N-dealkylation sites (N-methyl/N-ethyl adjacent to an activating group) is 1. The van der Waals surface area contributed by atoms with E-state index in [1.807, 2.05) is 0 Å². The second-order valence-electron chi connectivity index (χ2n) is 7.06. The van der Waals surface area contributed by atoms with Gasteiger partial charge in [0.15, 0.2) is 0 Å². The minimum Gasteiger partial charge on any atom is -0.465 e. The molecule has 28 heavy (non-hydrogen) atoms. The number of methoxy groups -OCH3 is 1. The summed E-state index contributed by atoms with van der Waals surface area (Å²) in [6.07, 6.45) is 2.82. The monoisotopic (exact) mass is 384 g/mol. The Hall–Kier alpha value is -2.73. The first-order valence-electron chi connectivity index (χ1n) is 9.42. The lowest BCUT2D eigenvalue weighted by atomic mass is 10.0. The number of esters is 1. The van der Waals surface area contributed by atoms with Gasteiger partial charge >= 0.3 is 5.97 Å². The molecule has 0 bridgehead atoms. The highest BCUT2D eigenvalue weighted by Gasteiger charge is 2.28. The topological polar surface area (TPSA) is 49.9 Å². The van der Waals surface area contributed by atoms with Gasteiger partial charge in [-0.15, -0.1) is 0 Å². The average molecular weight is 384 g/mol. The number of anilines is 1. The van der Waals surface area contributed by atoms with Gasteiger partial charge in [-0.05, 0) is 55.6 Å². The number of ether oxygens (including phenoxy) is 1. The predicted octanol–water partition coefficient (Wildman–Crippen LogP) is 3.28. The van der Waals surface area contributed by atoms with E-state index < -0.39 is 5.97 Å². The zero-order valence-electron chi connectivity index (χ0n) is 16.2. The van der Waals surface area contributed by atoms with E-state index in [1.54, 1.807) is 43.4 Å². The SMILES string of the molecule is COC(=O)c1ccccc1N(C)C(=O)CN1CCC[C@@H]1Cc1ccc(F)cc1. The molecule has 1 amide bonds. The van der Waals surface area contributed by atoms with Crippen LogP contribution in [0.3, 0.4) is 0 Å². The molecule has 0 saturated carbocycles. The Balaban J connectivity index is 1.68. The number of halogens is 1. The van der Waals surface area contributed by atoms with Gasteiger partial charge in [-0.1, -0.05) is 24.3 Å². The van der Waals surface area contributed by atoms with Crippen molar-refractivity contribution < 1.29 is 18.7 Å². The highest BCUT2D eigenvalue weighted by Crippen LogP contribution is 2.24. The largest absolute Gasteiger partial charge is 0.465 e. The van der Waals surface area contributed by atoms with Crippen LogP contribution in [0.5, 0.6) is 0 Å². The van der Waals surface area contributed by atoms with E-state index in [4.69, 9.17) is 4.74 Å². The Morgan fingerprint density at radius 3 is 2.61 bits per heavy atom. The zero-order chi connectivity index (χ0) is 20.1. The molecule has 5 nitrogen and oxygen atoms in total. The summed E-state index contributed by atoms with van der Waals surface area (Å²) in [5.74, 6) is -0.791. The lowest BCUT2D eigenvalue weighted by molar-refractivity contribution is -0.119. The van der Waals surface area contributed by atoms with Crippen molar-refractivity contribution in [2.24, 2.45) is 0 Å².